The number of amides is 1. The lowest BCUT2D eigenvalue weighted by molar-refractivity contribution is -0.113. The maximum atomic E-state index is 12.4. The molecule has 2 heterocycles. The summed E-state index contributed by atoms with van der Waals surface area (Å²) in [5.74, 6) is 0.621. The van der Waals surface area contributed by atoms with Crippen LogP contribution in [0.4, 0.5) is 0 Å². The van der Waals surface area contributed by atoms with Gasteiger partial charge in [0.15, 0.2) is 5.17 Å². The summed E-state index contributed by atoms with van der Waals surface area (Å²) in [5.41, 5.74) is 2.08. The van der Waals surface area contributed by atoms with E-state index < -0.39 is 0 Å². The quantitative estimate of drug-likeness (QED) is 0.704. The zero-order chi connectivity index (χ0) is 20.2. The molecule has 1 saturated heterocycles. The summed E-state index contributed by atoms with van der Waals surface area (Å²) >= 11 is 1.44. The van der Waals surface area contributed by atoms with Crippen molar-refractivity contribution in [3.8, 4) is 5.75 Å². The van der Waals surface area contributed by atoms with Gasteiger partial charge in [-0.1, -0.05) is 42.5 Å². The lowest BCUT2D eigenvalue weighted by Gasteiger charge is -2.35. The van der Waals surface area contributed by atoms with Crippen molar-refractivity contribution in [2.24, 2.45) is 4.99 Å². The summed E-state index contributed by atoms with van der Waals surface area (Å²) in [6.45, 7) is 6.13. The predicted molar refractivity (Wildman–Crippen MR) is 117 cm³/mol. The van der Waals surface area contributed by atoms with E-state index in [0.717, 1.165) is 35.1 Å². The molecule has 29 heavy (non-hydrogen) atoms. The molecule has 2 aromatic rings. The van der Waals surface area contributed by atoms with Gasteiger partial charge in [-0.25, -0.2) is 0 Å². The highest BCUT2D eigenvalue weighted by Gasteiger charge is 2.30. The Morgan fingerprint density at radius 1 is 1.10 bits per heavy atom. The summed E-state index contributed by atoms with van der Waals surface area (Å²) in [4.78, 5) is 19.4. The minimum absolute atomic E-state index is 0.133. The topological polar surface area (TPSA) is 51.1 Å². The molecule has 1 fully saturated rings. The molecule has 5 nitrogen and oxygen atoms in total. The van der Waals surface area contributed by atoms with Crippen LogP contribution in [0.25, 0.3) is 6.08 Å². The van der Waals surface area contributed by atoms with Crippen molar-refractivity contribution in [2.45, 2.75) is 32.7 Å². The summed E-state index contributed by atoms with van der Waals surface area (Å²) in [5, 5.41) is 0.770. The Hall–Kier alpha value is -2.57. The van der Waals surface area contributed by atoms with Crippen molar-refractivity contribution in [2.75, 3.05) is 13.1 Å². The van der Waals surface area contributed by atoms with E-state index in [1.807, 2.05) is 74.5 Å². The standard InChI is InChI=1S/C23H24N2O3S/c1-16-13-25(14-17(2)28-16)23-24-22(26)21(29-23)12-18-8-10-20(11-9-18)27-15-19-6-4-3-5-7-19/h3-12,16-17H,13-15H2,1-2H3/b21-12+/t16-,17-/m0/s1. The number of morpholine rings is 1. The van der Waals surface area contributed by atoms with Gasteiger partial charge in [0, 0.05) is 13.1 Å². The molecule has 150 valence electrons. The number of carbonyl (C=O) groups excluding carboxylic acids is 1. The van der Waals surface area contributed by atoms with E-state index in [-0.39, 0.29) is 18.1 Å². The number of aliphatic imine (C=N–C) groups is 1. The summed E-state index contributed by atoms with van der Waals surface area (Å²) in [6.07, 6.45) is 2.15. The van der Waals surface area contributed by atoms with Crippen LogP contribution in [0.5, 0.6) is 5.75 Å². The second-order valence-electron chi connectivity index (χ2n) is 7.32. The molecule has 2 aliphatic heterocycles. The van der Waals surface area contributed by atoms with Gasteiger partial charge in [0.25, 0.3) is 5.91 Å². The normalized spacial score (nSPS) is 23.4. The van der Waals surface area contributed by atoms with Gasteiger partial charge in [-0.2, -0.15) is 4.99 Å². The Kier molecular flexibility index (Phi) is 6.02. The Labute approximate surface area is 175 Å². The molecule has 1 amide bonds. The van der Waals surface area contributed by atoms with Gasteiger partial charge in [0.05, 0.1) is 17.1 Å². The Morgan fingerprint density at radius 3 is 2.48 bits per heavy atom. The molecule has 2 atom stereocenters. The zero-order valence-corrected chi connectivity index (χ0v) is 17.4. The molecular formula is C23H24N2O3S. The monoisotopic (exact) mass is 408 g/mol. The first-order chi connectivity index (χ1) is 14.1. The molecule has 2 aromatic carbocycles. The molecule has 2 aliphatic rings. The van der Waals surface area contributed by atoms with E-state index in [9.17, 15) is 4.79 Å². The van der Waals surface area contributed by atoms with Gasteiger partial charge >= 0.3 is 0 Å². The van der Waals surface area contributed by atoms with Crippen LogP contribution in [0.2, 0.25) is 0 Å². The first kappa shape index (κ1) is 19.7. The van der Waals surface area contributed by atoms with Crippen LogP contribution in [0.3, 0.4) is 0 Å². The Bertz CT molecular complexity index is 915. The van der Waals surface area contributed by atoms with Gasteiger partial charge in [-0.05, 0) is 54.9 Å². The minimum Gasteiger partial charge on any atom is -0.489 e. The van der Waals surface area contributed by atoms with Crippen LogP contribution in [-0.2, 0) is 16.1 Å². The third kappa shape index (κ3) is 5.08. The number of benzene rings is 2. The van der Waals surface area contributed by atoms with Crippen molar-refractivity contribution in [1.82, 2.24) is 4.90 Å². The van der Waals surface area contributed by atoms with Crippen molar-refractivity contribution < 1.29 is 14.3 Å². The number of hydrogen-bond donors (Lipinski definition) is 0. The molecule has 0 spiro atoms. The van der Waals surface area contributed by atoms with E-state index in [0.29, 0.717) is 11.5 Å². The van der Waals surface area contributed by atoms with E-state index >= 15 is 0 Å². The second-order valence-corrected chi connectivity index (χ2v) is 8.32. The molecule has 0 N–H and O–H groups in total. The average Bonchev–Trinajstić information content (AvgIpc) is 3.08. The first-order valence-corrected chi connectivity index (χ1v) is 10.6. The van der Waals surface area contributed by atoms with Crippen LogP contribution in [0.15, 0.2) is 64.5 Å². The van der Waals surface area contributed by atoms with Crippen LogP contribution >= 0.6 is 11.8 Å². The number of ether oxygens (including phenoxy) is 2. The smallest absolute Gasteiger partial charge is 0.286 e. The van der Waals surface area contributed by atoms with Crippen LogP contribution in [0.1, 0.15) is 25.0 Å². The lowest BCUT2D eigenvalue weighted by atomic mass is 10.2. The molecule has 0 saturated carbocycles. The van der Waals surface area contributed by atoms with Gasteiger partial charge in [-0.3, -0.25) is 4.79 Å². The fourth-order valence-electron chi connectivity index (χ4n) is 3.42. The van der Waals surface area contributed by atoms with Crippen molar-refractivity contribution >= 4 is 28.9 Å². The molecule has 0 radical (unpaired) electrons. The Balaban J connectivity index is 1.37. The zero-order valence-electron chi connectivity index (χ0n) is 16.6. The summed E-state index contributed by atoms with van der Waals surface area (Å²) < 4.78 is 11.6. The van der Waals surface area contributed by atoms with E-state index in [1.54, 1.807) is 0 Å². The molecule has 0 aromatic heterocycles. The van der Waals surface area contributed by atoms with Gasteiger partial charge < -0.3 is 14.4 Å². The number of rotatable bonds is 4. The van der Waals surface area contributed by atoms with Crippen molar-refractivity contribution in [3.63, 3.8) is 0 Å². The van der Waals surface area contributed by atoms with E-state index in [4.69, 9.17) is 9.47 Å². The number of amidine groups is 1. The van der Waals surface area contributed by atoms with Crippen LogP contribution in [-0.4, -0.2) is 41.3 Å². The number of carbonyl (C=O) groups is 1. The van der Waals surface area contributed by atoms with Gasteiger partial charge in [0.1, 0.15) is 12.4 Å². The first-order valence-electron chi connectivity index (χ1n) is 9.76. The van der Waals surface area contributed by atoms with Crippen molar-refractivity contribution in [1.29, 1.82) is 0 Å². The molecule has 4 rings (SSSR count). The highest BCUT2D eigenvalue weighted by Crippen LogP contribution is 2.31. The molecule has 6 heteroatoms. The van der Waals surface area contributed by atoms with Gasteiger partial charge in [-0.15, -0.1) is 0 Å². The molecule has 0 aliphatic carbocycles. The molecule has 0 bridgehead atoms. The SMILES string of the molecule is C[C@H]1CN(C2=NC(=O)/C(=C\c3ccc(OCc4ccccc4)cc3)S2)C[C@H](C)O1. The summed E-state index contributed by atoms with van der Waals surface area (Å²) in [6, 6.07) is 17.8. The largest absolute Gasteiger partial charge is 0.489 e. The lowest BCUT2D eigenvalue weighted by Crippen LogP contribution is -2.47. The van der Waals surface area contributed by atoms with E-state index in [2.05, 4.69) is 9.89 Å². The van der Waals surface area contributed by atoms with E-state index in [1.165, 1.54) is 11.8 Å². The van der Waals surface area contributed by atoms with Crippen molar-refractivity contribution in [3.05, 3.63) is 70.6 Å². The number of hydrogen-bond acceptors (Lipinski definition) is 5. The van der Waals surface area contributed by atoms with Gasteiger partial charge in [0.2, 0.25) is 0 Å². The fraction of sp³-hybridized carbons (Fsp3) is 0.304. The fourth-order valence-corrected chi connectivity index (χ4v) is 4.35. The Morgan fingerprint density at radius 2 is 1.79 bits per heavy atom. The average molecular weight is 409 g/mol. The predicted octanol–water partition coefficient (Wildman–Crippen LogP) is 4.35. The number of thioether (sulfide) groups is 1. The summed E-state index contributed by atoms with van der Waals surface area (Å²) in [7, 11) is 0. The highest BCUT2D eigenvalue weighted by molar-refractivity contribution is 8.18. The van der Waals surface area contributed by atoms with Crippen LogP contribution in [0, 0.1) is 0 Å². The minimum atomic E-state index is -0.179. The third-order valence-electron chi connectivity index (χ3n) is 4.73. The second kappa shape index (κ2) is 8.84. The molecule has 0 unspecified atom stereocenters. The molecular weight excluding hydrogens is 384 g/mol. The maximum absolute atomic E-state index is 12.4. The number of nitrogens with zero attached hydrogens (tertiary/aromatic N) is 2. The highest BCUT2D eigenvalue weighted by atomic mass is 32.2. The third-order valence-corrected chi connectivity index (χ3v) is 5.77. The maximum Gasteiger partial charge on any atom is 0.286 e. The van der Waals surface area contributed by atoms with Crippen LogP contribution < -0.4 is 4.74 Å².